The molecule has 2 N–H and O–H groups in total. The van der Waals surface area contributed by atoms with E-state index in [1.165, 1.54) is 0 Å². The van der Waals surface area contributed by atoms with Crippen LogP contribution in [-0.2, 0) is 52.1 Å². The molecule has 0 radical (unpaired) electrons. The first-order valence-electron chi connectivity index (χ1n) is 12.9. The molecule has 0 saturated carbocycles. The van der Waals surface area contributed by atoms with Crippen LogP contribution in [0.4, 0.5) is 0 Å². The molecule has 0 aliphatic heterocycles. The molecule has 0 atom stereocenters. The Labute approximate surface area is 222 Å². The summed E-state index contributed by atoms with van der Waals surface area (Å²) in [5.74, 6) is 2.39. The van der Waals surface area contributed by atoms with E-state index in [4.69, 9.17) is 64.3 Å². The van der Waals surface area contributed by atoms with Crippen molar-refractivity contribution in [3.63, 3.8) is 0 Å². The van der Waals surface area contributed by atoms with Crippen molar-refractivity contribution in [2.75, 3.05) is 152 Å². The van der Waals surface area contributed by atoms with Crippen molar-refractivity contribution in [1.29, 1.82) is 0 Å². The number of nitrogens with two attached hydrogens (primary N) is 1. The van der Waals surface area contributed by atoms with Gasteiger partial charge in [-0.25, -0.2) is 0 Å². The predicted octanol–water partition coefficient (Wildman–Crippen LogP) is -0.239. The lowest BCUT2D eigenvalue weighted by molar-refractivity contribution is -0.0271. The molecule has 12 nitrogen and oxygen atoms in total. The van der Waals surface area contributed by atoms with Crippen molar-refractivity contribution in [2.45, 2.75) is 0 Å². The van der Waals surface area contributed by atoms with Gasteiger partial charge in [0.25, 0.3) is 0 Å². The molecule has 0 aliphatic carbocycles. The molecule has 0 unspecified atom stereocenters. The maximum Gasteiger partial charge on any atom is 0.107 e. The van der Waals surface area contributed by atoms with Gasteiger partial charge < -0.3 is 57.8 Å². The molecule has 0 aromatic rings. The lowest BCUT2D eigenvalue weighted by Gasteiger charge is -2.09. The van der Waals surface area contributed by atoms with Crippen molar-refractivity contribution in [3.8, 4) is 12.3 Å². The van der Waals surface area contributed by atoms with Crippen LogP contribution in [0, 0.1) is 12.3 Å². The first-order valence-corrected chi connectivity index (χ1v) is 12.9. The van der Waals surface area contributed by atoms with Gasteiger partial charge in [-0.2, -0.15) is 0 Å². The smallest absolute Gasteiger partial charge is 0.107 e. The number of hydrogen-bond acceptors (Lipinski definition) is 12. The highest BCUT2D eigenvalue weighted by Gasteiger charge is 1.96. The topological polar surface area (TPSA) is 128 Å². The van der Waals surface area contributed by atoms with Gasteiger partial charge in [-0.1, -0.05) is 5.92 Å². The minimum Gasteiger partial charge on any atom is -0.378 e. The molecule has 0 aromatic heterocycles. The van der Waals surface area contributed by atoms with Gasteiger partial charge in [-0.05, 0) is 0 Å². The molecule has 220 valence electrons. The molecular formula is C25H49NO11. The third kappa shape index (κ3) is 35.1. The number of rotatable bonds is 33. The van der Waals surface area contributed by atoms with Crippen LogP contribution in [0.3, 0.4) is 0 Å². The Morgan fingerprint density at radius 3 is 0.703 bits per heavy atom. The molecule has 0 spiro atoms. The average Bonchev–Trinajstić information content (AvgIpc) is 2.91. The van der Waals surface area contributed by atoms with Crippen LogP contribution in [0.15, 0.2) is 0 Å². The standard InChI is InChI=1S/C25H49NO11/c1-2-4-27-6-8-29-10-12-31-14-16-33-18-20-35-22-24-37-25-23-36-21-19-34-17-15-32-13-11-30-9-7-28-5-3-26/h1H,3-26H2. The summed E-state index contributed by atoms with van der Waals surface area (Å²) in [5, 5.41) is 0. The Kier molecular flexibility index (Phi) is 34.2. The van der Waals surface area contributed by atoms with Crippen LogP contribution in [0.1, 0.15) is 0 Å². The third-order valence-electron chi connectivity index (χ3n) is 4.17. The molecule has 0 aliphatic rings. The zero-order valence-electron chi connectivity index (χ0n) is 22.4. The zero-order valence-corrected chi connectivity index (χ0v) is 22.4. The van der Waals surface area contributed by atoms with Gasteiger partial charge in [0.15, 0.2) is 0 Å². The average molecular weight is 540 g/mol. The first-order chi connectivity index (χ1) is 18.4. The minimum absolute atomic E-state index is 0.309. The lowest BCUT2D eigenvalue weighted by atomic mass is 10.6. The quantitative estimate of drug-likeness (QED) is 0.0873. The summed E-state index contributed by atoms with van der Waals surface area (Å²) in [6.45, 7) is 11.8. The highest BCUT2D eigenvalue weighted by atomic mass is 16.6. The summed E-state index contributed by atoms with van der Waals surface area (Å²) in [6, 6.07) is 0. The van der Waals surface area contributed by atoms with Crippen molar-refractivity contribution in [1.82, 2.24) is 0 Å². The van der Waals surface area contributed by atoms with Crippen LogP contribution < -0.4 is 5.73 Å². The predicted molar refractivity (Wildman–Crippen MR) is 137 cm³/mol. The van der Waals surface area contributed by atoms with E-state index in [1.807, 2.05) is 0 Å². The van der Waals surface area contributed by atoms with Crippen LogP contribution in [-0.4, -0.2) is 152 Å². The fraction of sp³-hybridized carbons (Fsp3) is 0.920. The van der Waals surface area contributed by atoms with Crippen LogP contribution in [0.25, 0.3) is 0 Å². The summed E-state index contributed by atoms with van der Waals surface area (Å²) in [7, 11) is 0. The summed E-state index contributed by atoms with van der Waals surface area (Å²) < 4.78 is 58.9. The Morgan fingerprint density at radius 1 is 0.324 bits per heavy atom. The molecule has 0 aromatic carbocycles. The summed E-state index contributed by atoms with van der Waals surface area (Å²) in [4.78, 5) is 0. The summed E-state index contributed by atoms with van der Waals surface area (Å²) >= 11 is 0. The molecule has 0 heterocycles. The molecular weight excluding hydrogens is 490 g/mol. The summed E-state index contributed by atoms with van der Waals surface area (Å²) in [5.41, 5.74) is 5.32. The van der Waals surface area contributed by atoms with E-state index in [2.05, 4.69) is 5.92 Å². The van der Waals surface area contributed by atoms with Crippen molar-refractivity contribution in [2.24, 2.45) is 5.73 Å². The van der Waals surface area contributed by atoms with E-state index in [0.29, 0.717) is 152 Å². The Hall–Kier alpha value is -0.920. The number of terminal acetylenes is 1. The number of hydrogen-bond donors (Lipinski definition) is 1. The van der Waals surface area contributed by atoms with E-state index in [1.54, 1.807) is 0 Å². The largest absolute Gasteiger partial charge is 0.378 e. The highest BCUT2D eigenvalue weighted by Crippen LogP contribution is 1.86. The molecule has 0 saturated heterocycles. The fourth-order valence-corrected chi connectivity index (χ4v) is 2.41. The molecule has 0 bridgehead atoms. The SMILES string of the molecule is C#CCOCCOCCOCCOCCOCCOCCOCCOCCOCCOCCOCCN. The molecule has 0 rings (SSSR count). The normalized spacial score (nSPS) is 11.2. The lowest BCUT2D eigenvalue weighted by Crippen LogP contribution is -2.15. The van der Waals surface area contributed by atoms with E-state index in [-0.39, 0.29) is 0 Å². The van der Waals surface area contributed by atoms with Gasteiger partial charge >= 0.3 is 0 Å². The second kappa shape index (κ2) is 35.1. The van der Waals surface area contributed by atoms with Crippen molar-refractivity contribution < 1.29 is 52.1 Å². The molecule has 37 heavy (non-hydrogen) atoms. The van der Waals surface area contributed by atoms with E-state index in [0.717, 1.165) is 0 Å². The minimum atomic E-state index is 0.309. The molecule has 0 amide bonds. The van der Waals surface area contributed by atoms with Gasteiger partial charge in [-0.3, -0.25) is 0 Å². The van der Waals surface area contributed by atoms with Gasteiger partial charge in [0.1, 0.15) is 6.61 Å². The summed E-state index contributed by atoms with van der Waals surface area (Å²) in [6.07, 6.45) is 5.07. The zero-order chi connectivity index (χ0) is 26.7. The fourth-order valence-electron chi connectivity index (χ4n) is 2.41. The van der Waals surface area contributed by atoms with E-state index >= 15 is 0 Å². The maximum atomic E-state index is 5.45. The second-order valence-electron chi connectivity index (χ2n) is 7.17. The Bertz CT molecular complexity index is 455. The molecule has 12 heteroatoms. The maximum absolute atomic E-state index is 5.45. The molecule has 0 fully saturated rings. The Morgan fingerprint density at radius 2 is 0.514 bits per heavy atom. The van der Waals surface area contributed by atoms with Crippen molar-refractivity contribution in [3.05, 3.63) is 0 Å². The van der Waals surface area contributed by atoms with Crippen LogP contribution in [0.2, 0.25) is 0 Å². The van der Waals surface area contributed by atoms with Crippen LogP contribution in [0.5, 0.6) is 0 Å². The Balaban J connectivity index is 3.01. The third-order valence-corrected chi connectivity index (χ3v) is 4.17. The van der Waals surface area contributed by atoms with Crippen LogP contribution >= 0.6 is 0 Å². The first kappa shape index (κ1) is 36.1. The van der Waals surface area contributed by atoms with Gasteiger partial charge in [0.05, 0.1) is 139 Å². The van der Waals surface area contributed by atoms with Gasteiger partial charge in [0, 0.05) is 6.54 Å². The highest BCUT2D eigenvalue weighted by molar-refractivity contribution is 4.82. The number of ether oxygens (including phenoxy) is 11. The van der Waals surface area contributed by atoms with Gasteiger partial charge in [0.2, 0.25) is 0 Å². The second-order valence-corrected chi connectivity index (χ2v) is 7.17. The van der Waals surface area contributed by atoms with E-state index in [9.17, 15) is 0 Å². The van der Waals surface area contributed by atoms with Gasteiger partial charge in [-0.15, -0.1) is 6.42 Å². The van der Waals surface area contributed by atoms with Crippen molar-refractivity contribution >= 4 is 0 Å². The monoisotopic (exact) mass is 539 g/mol. The van der Waals surface area contributed by atoms with E-state index < -0.39 is 0 Å².